The number of esters is 1. The second kappa shape index (κ2) is 14.0. The van der Waals surface area contributed by atoms with E-state index < -0.39 is 12.0 Å². The highest BCUT2D eigenvalue weighted by atomic mass is 127. The van der Waals surface area contributed by atoms with E-state index in [1.165, 1.54) is 16.9 Å². The van der Waals surface area contributed by atoms with Gasteiger partial charge >= 0.3 is 5.97 Å². The minimum Gasteiger partial charge on any atom is -0.493 e. The van der Waals surface area contributed by atoms with Crippen LogP contribution in [0.1, 0.15) is 56.0 Å². The molecule has 234 valence electrons. The van der Waals surface area contributed by atoms with Crippen molar-refractivity contribution in [3.8, 4) is 17.2 Å². The fraction of sp³-hybridized carbons (Fsp3) is 0.286. The number of fused-ring (bicyclic) bond motifs is 1. The molecule has 0 bridgehead atoms. The van der Waals surface area contributed by atoms with E-state index in [0.717, 1.165) is 14.7 Å². The first kappa shape index (κ1) is 32.5. The molecule has 8 nitrogen and oxygen atoms in total. The zero-order valence-electron chi connectivity index (χ0n) is 26.0. The van der Waals surface area contributed by atoms with E-state index >= 15 is 0 Å². The Bertz CT molecular complexity index is 1940. The van der Waals surface area contributed by atoms with Gasteiger partial charge in [-0.05, 0) is 92.6 Å². The molecular weight excluding hydrogens is 703 g/mol. The van der Waals surface area contributed by atoms with E-state index in [2.05, 4.69) is 34.7 Å². The molecule has 0 radical (unpaired) electrons. The van der Waals surface area contributed by atoms with Crippen LogP contribution in [0, 0.1) is 10.5 Å². The number of aromatic nitrogens is 1. The van der Waals surface area contributed by atoms with Crippen LogP contribution in [0.15, 0.2) is 81.7 Å². The molecule has 0 spiro atoms. The predicted octanol–water partition coefficient (Wildman–Crippen LogP) is 6.09. The molecule has 10 heteroatoms. The Hall–Kier alpha value is -3.90. The molecule has 1 atom stereocenters. The van der Waals surface area contributed by atoms with E-state index in [1.54, 1.807) is 25.5 Å². The van der Waals surface area contributed by atoms with Crippen LogP contribution in [0.4, 0.5) is 0 Å². The van der Waals surface area contributed by atoms with Gasteiger partial charge in [-0.3, -0.25) is 9.36 Å². The third-order valence-corrected chi connectivity index (χ3v) is 8.93. The molecule has 3 aromatic carbocycles. The number of nitrogens with zero attached hydrogens (tertiary/aromatic N) is 2. The molecule has 0 N–H and O–H groups in total. The largest absolute Gasteiger partial charge is 0.493 e. The minimum atomic E-state index is -0.773. The summed E-state index contributed by atoms with van der Waals surface area (Å²) in [5.74, 6) is 1.27. The fourth-order valence-electron chi connectivity index (χ4n) is 5.11. The number of hydrogen-bond donors (Lipinski definition) is 0. The van der Waals surface area contributed by atoms with E-state index in [1.807, 2.05) is 75.4 Å². The van der Waals surface area contributed by atoms with Gasteiger partial charge in [0.1, 0.15) is 18.4 Å². The number of carbonyl (C=O) groups is 1. The third kappa shape index (κ3) is 7.01. The van der Waals surface area contributed by atoms with Gasteiger partial charge in [0.15, 0.2) is 16.3 Å². The van der Waals surface area contributed by atoms with Gasteiger partial charge in [-0.15, -0.1) is 0 Å². The summed E-state index contributed by atoms with van der Waals surface area (Å²) in [6.45, 7) is 10.0. The average molecular weight is 739 g/mol. The highest BCUT2D eigenvalue weighted by Gasteiger charge is 2.35. The van der Waals surface area contributed by atoms with Crippen LogP contribution in [0.25, 0.3) is 6.08 Å². The van der Waals surface area contributed by atoms with Crippen LogP contribution in [0.5, 0.6) is 17.2 Å². The van der Waals surface area contributed by atoms with Gasteiger partial charge in [0.25, 0.3) is 5.56 Å². The molecule has 1 aromatic heterocycles. The van der Waals surface area contributed by atoms with Gasteiger partial charge < -0.3 is 18.9 Å². The smallest absolute Gasteiger partial charge is 0.338 e. The summed E-state index contributed by atoms with van der Waals surface area (Å²) in [6, 6.07) is 18.7. The lowest BCUT2D eigenvalue weighted by Gasteiger charge is -2.26. The topological polar surface area (TPSA) is 88.4 Å². The van der Waals surface area contributed by atoms with Crippen molar-refractivity contribution in [2.45, 2.75) is 53.4 Å². The van der Waals surface area contributed by atoms with E-state index in [4.69, 9.17) is 23.9 Å². The number of rotatable bonds is 10. The highest BCUT2D eigenvalue weighted by Crippen LogP contribution is 2.37. The van der Waals surface area contributed by atoms with Crippen LogP contribution in [-0.4, -0.2) is 30.4 Å². The normalized spacial score (nSPS) is 14.7. The number of para-hydroxylation sites is 1. The Morgan fingerprint density at radius 1 is 1.09 bits per heavy atom. The van der Waals surface area contributed by atoms with Crippen LogP contribution in [0.3, 0.4) is 0 Å². The van der Waals surface area contributed by atoms with Crippen LogP contribution >= 0.6 is 33.9 Å². The average Bonchev–Trinajstić information content (AvgIpc) is 3.30. The minimum absolute atomic E-state index is 0.112. The zero-order chi connectivity index (χ0) is 32.2. The SMILES string of the molecule is CCOC(=O)C1=C(C)N=c2s/c(=C/c3cc(I)c(OCc4ccc(C)cc4)c(OC)c3)c(=O)n2[C@@H]1c1ccccc1OC(C)C. The summed E-state index contributed by atoms with van der Waals surface area (Å²) >= 11 is 3.48. The maximum Gasteiger partial charge on any atom is 0.338 e. The summed E-state index contributed by atoms with van der Waals surface area (Å²) in [6.07, 6.45) is 1.70. The third-order valence-electron chi connectivity index (χ3n) is 7.15. The number of benzene rings is 3. The van der Waals surface area contributed by atoms with E-state index in [9.17, 15) is 9.59 Å². The number of aryl methyl sites for hydroxylation is 1. The van der Waals surface area contributed by atoms with Crippen LogP contribution < -0.4 is 29.1 Å². The maximum absolute atomic E-state index is 14.2. The first-order chi connectivity index (χ1) is 21.6. The van der Waals surface area contributed by atoms with Crippen LogP contribution in [0.2, 0.25) is 0 Å². The molecule has 0 saturated carbocycles. The van der Waals surface area contributed by atoms with Crippen molar-refractivity contribution >= 4 is 46.0 Å². The molecular formula is C35H35IN2O6S. The lowest BCUT2D eigenvalue weighted by atomic mass is 9.95. The molecule has 1 aliphatic heterocycles. The molecule has 0 aliphatic carbocycles. The van der Waals surface area contributed by atoms with Gasteiger partial charge in [-0.25, -0.2) is 9.79 Å². The molecule has 45 heavy (non-hydrogen) atoms. The molecule has 0 amide bonds. The Morgan fingerprint density at radius 2 is 1.82 bits per heavy atom. The van der Waals surface area contributed by atoms with Gasteiger partial charge in [0.2, 0.25) is 0 Å². The summed E-state index contributed by atoms with van der Waals surface area (Å²) in [7, 11) is 1.60. The lowest BCUT2D eigenvalue weighted by Crippen LogP contribution is -2.40. The molecule has 0 unspecified atom stereocenters. The number of thiazole rings is 1. The van der Waals surface area contributed by atoms with Crippen molar-refractivity contribution in [2.75, 3.05) is 13.7 Å². The molecule has 4 aromatic rings. The summed E-state index contributed by atoms with van der Waals surface area (Å²) < 4.78 is 26.3. The number of halogens is 1. The zero-order valence-corrected chi connectivity index (χ0v) is 29.0. The maximum atomic E-state index is 14.2. The Labute approximate surface area is 279 Å². The van der Waals surface area contributed by atoms with E-state index in [-0.39, 0.29) is 18.3 Å². The predicted molar refractivity (Wildman–Crippen MR) is 184 cm³/mol. The van der Waals surface area contributed by atoms with Crippen LogP contribution in [-0.2, 0) is 16.1 Å². The van der Waals surface area contributed by atoms with Crippen molar-refractivity contribution < 1.29 is 23.7 Å². The second-order valence-electron chi connectivity index (χ2n) is 10.8. The monoisotopic (exact) mass is 738 g/mol. The lowest BCUT2D eigenvalue weighted by molar-refractivity contribution is -0.139. The van der Waals surface area contributed by atoms with Gasteiger partial charge in [-0.2, -0.15) is 0 Å². The molecule has 0 fully saturated rings. The van der Waals surface area contributed by atoms with Crippen molar-refractivity contribution in [2.24, 2.45) is 4.99 Å². The van der Waals surface area contributed by atoms with Crippen molar-refractivity contribution in [3.63, 3.8) is 0 Å². The second-order valence-corrected chi connectivity index (χ2v) is 13.0. The molecule has 1 aliphatic rings. The summed E-state index contributed by atoms with van der Waals surface area (Å²) in [4.78, 5) is 32.7. The first-order valence-corrected chi connectivity index (χ1v) is 16.5. The summed E-state index contributed by atoms with van der Waals surface area (Å²) in [5, 5.41) is 0. The van der Waals surface area contributed by atoms with Gasteiger partial charge in [0, 0.05) is 5.56 Å². The number of carbonyl (C=O) groups excluding carboxylic acids is 1. The van der Waals surface area contributed by atoms with E-state index in [0.29, 0.717) is 50.0 Å². The number of allylic oxidation sites excluding steroid dienone is 1. The van der Waals surface area contributed by atoms with Crippen molar-refractivity contribution in [3.05, 3.63) is 117 Å². The number of methoxy groups -OCH3 is 1. The quantitative estimate of drug-likeness (QED) is 0.145. The standard InChI is InChI=1S/C35H35IN2O6S/c1-7-42-34(40)30-22(5)37-35-38(31(30)25-10-8-9-11-27(25)44-20(2)3)33(39)29(45-35)18-24-16-26(36)32(28(17-24)41-6)43-19-23-14-12-21(4)13-15-23/h8-18,20,31H,7,19H2,1-6H3/b29-18+/t31-/m1/s1. The van der Waals surface area contributed by atoms with Crippen molar-refractivity contribution in [1.82, 2.24) is 4.57 Å². The fourth-order valence-corrected chi connectivity index (χ4v) is 6.94. The van der Waals surface area contributed by atoms with Gasteiger partial charge in [0.05, 0.1) is 39.2 Å². The number of hydrogen-bond acceptors (Lipinski definition) is 8. The highest BCUT2D eigenvalue weighted by molar-refractivity contribution is 14.1. The Morgan fingerprint density at radius 3 is 2.51 bits per heavy atom. The number of ether oxygens (including phenoxy) is 4. The molecule has 5 rings (SSSR count). The molecule has 2 heterocycles. The Kier molecular flexibility index (Phi) is 10.1. The Balaban J connectivity index is 1.60. The van der Waals surface area contributed by atoms with Crippen molar-refractivity contribution in [1.29, 1.82) is 0 Å². The molecule has 0 saturated heterocycles. The first-order valence-electron chi connectivity index (χ1n) is 14.6. The summed E-state index contributed by atoms with van der Waals surface area (Å²) in [5.41, 5.74) is 4.22. The van der Waals surface area contributed by atoms with Gasteiger partial charge in [-0.1, -0.05) is 59.4 Å².